The van der Waals surface area contributed by atoms with E-state index in [1.165, 1.54) is 13.2 Å². The molecule has 0 aliphatic carbocycles. The van der Waals surface area contributed by atoms with Crippen LogP contribution < -0.4 is 5.32 Å². The summed E-state index contributed by atoms with van der Waals surface area (Å²) in [5.74, 6) is -1.75. The number of ether oxygens (including phenoxy) is 1. The SMILES string of the molecule is CC[C@@H](O)CNC(COC)c1ccc(F)c(F)c1. The average Bonchev–Trinajstić information content (AvgIpc) is 2.37. The van der Waals surface area contributed by atoms with Gasteiger partial charge in [-0.15, -0.1) is 0 Å². The van der Waals surface area contributed by atoms with Gasteiger partial charge in [0.1, 0.15) is 0 Å². The van der Waals surface area contributed by atoms with Crippen LogP contribution in [-0.2, 0) is 4.74 Å². The number of nitrogens with one attached hydrogen (secondary N) is 1. The van der Waals surface area contributed by atoms with Gasteiger partial charge in [0.05, 0.1) is 18.8 Å². The Morgan fingerprint density at radius 1 is 1.33 bits per heavy atom. The molecule has 0 fully saturated rings. The Labute approximate surface area is 106 Å². The van der Waals surface area contributed by atoms with E-state index in [2.05, 4.69) is 5.32 Å². The molecule has 0 aromatic heterocycles. The van der Waals surface area contributed by atoms with Crippen LogP contribution in [-0.4, -0.2) is 31.5 Å². The van der Waals surface area contributed by atoms with E-state index in [0.717, 1.165) is 12.1 Å². The third-order valence-electron chi connectivity index (χ3n) is 2.75. The predicted octanol–water partition coefficient (Wildman–Crippen LogP) is 2.01. The van der Waals surface area contributed by atoms with Crippen molar-refractivity contribution in [3.8, 4) is 0 Å². The van der Waals surface area contributed by atoms with Gasteiger partial charge in [-0.1, -0.05) is 13.0 Å². The van der Waals surface area contributed by atoms with Gasteiger partial charge >= 0.3 is 0 Å². The molecule has 1 unspecified atom stereocenters. The van der Waals surface area contributed by atoms with Gasteiger partial charge in [-0.2, -0.15) is 0 Å². The zero-order valence-electron chi connectivity index (χ0n) is 10.6. The monoisotopic (exact) mass is 259 g/mol. The standard InChI is InChI=1S/C13H19F2NO2/c1-3-10(17)7-16-13(8-18-2)9-4-5-11(14)12(15)6-9/h4-6,10,13,16-17H,3,7-8H2,1-2H3/t10-,13?/m1/s1. The van der Waals surface area contributed by atoms with Gasteiger partial charge in [-0.3, -0.25) is 0 Å². The molecule has 0 aliphatic rings. The minimum atomic E-state index is -0.883. The number of aliphatic hydroxyl groups is 1. The largest absolute Gasteiger partial charge is 0.392 e. The summed E-state index contributed by atoms with van der Waals surface area (Å²) in [5, 5.41) is 12.6. The number of rotatable bonds is 7. The van der Waals surface area contributed by atoms with Crippen LogP contribution in [0.3, 0.4) is 0 Å². The summed E-state index contributed by atoms with van der Waals surface area (Å²) in [6, 6.07) is 3.47. The fraction of sp³-hybridized carbons (Fsp3) is 0.538. The maximum Gasteiger partial charge on any atom is 0.159 e. The summed E-state index contributed by atoms with van der Waals surface area (Å²) in [6.07, 6.45) is 0.166. The highest BCUT2D eigenvalue weighted by Gasteiger charge is 2.14. The second-order valence-electron chi connectivity index (χ2n) is 4.15. The first kappa shape index (κ1) is 15.0. The van der Waals surface area contributed by atoms with Gasteiger partial charge in [0.15, 0.2) is 11.6 Å². The molecule has 1 aromatic rings. The Bertz CT molecular complexity index is 374. The van der Waals surface area contributed by atoms with Crippen LogP contribution >= 0.6 is 0 Å². The second kappa shape index (κ2) is 7.41. The molecule has 0 radical (unpaired) electrons. The normalized spacial score (nSPS) is 14.5. The van der Waals surface area contributed by atoms with Crippen LogP contribution in [0.1, 0.15) is 24.9 Å². The maximum absolute atomic E-state index is 13.2. The van der Waals surface area contributed by atoms with Crippen molar-refractivity contribution in [1.29, 1.82) is 0 Å². The zero-order valence-corrected chi connectivity index (χ0v) is 10.6. The molecule has 1 aromatic carbocycles. The molecule has 0 saturated heterocycles. The van der Waals surface area contributed by atoms with Gasteiger partial charge in [0, 0.05) is 13.7 Å². The van der Waals surface area contributed by atoms with Gasteiger partial charge in [-0.25, -0.2) is 8.78 Å². The number of benzene rings is 1. The molecular formula is C13H19F2NO2. The van der Waals surface area contributed by atoms with Crippen molar-refractivity contribution in [2.24, 2.45) is 0 Å². The zero-order chi connectivity index (χ0) is 13.5. The lowest BCUT2D eigenvalue weighted by molar-refractivity contribution is 0.136. The van der Waals surface area contributed by atoms with E-state index in [0.29, 0.717) is 25.1 Å². The van der Waals surface area contributed by atoms with Crippen molar-refractivity contribution in [2.45, 2.75) is 25.5 Å². The molecule has 2 atom stereocenters. The maximum atomic E-state index is 13.2. The summed E-state index contributed by atoms with van der Waals surface area (Å²) < 4.78 is 31.0. The Balaban J connectivity index is 2.73. The quantitative estimate of drug-likeness (QED) is 0.787. The third-order valence-corrected chi connectivity index (χ3v) is 2.75. The topological polar surface area (TPSA) is 41.5 Å². The van der Waals surface area contributed by atoms with Crippen molar-refractivity contribution < 1.29 is 18.6 Å². The molecule has 0 amide bonds. The van der Waals surface area contributed by atoms with Crippen LogP contribution in [0, 0.1) is 11.6 Å². The van der Waals surface area contributed by atoms with Crippen LogP contribution in [0.4, 0.5) is 8.78 Å². The molecule has 2 N–H and O–H groups in total. The highest BCUT2D eigenvalue weighted by Crippen LogP contribution is 2.17. The lowest BCUT2D eigenvalue weighted by atomic mass is 10.1. The number of hydrogen-bond acceptors (Lipinski definition) is 3. The lowest BCUT2D eigenvalue weighted by Gasteiger charge is -2.20. The molecule has 3 nitrogen and oxygen atoms in total. The van der Waals surface area contributed by atoms with Crippen LogP contribution in [0.15, 0.2) is 18.2 Å². The second-order valence-corrected chi connectivity index (χ2v) is 4.15. The number of methoxy groups -OCH3 is 1. The molecule has 0 aliphatic heterocycles. The van der Waals surface area contributed by atoms with Gasteiger partial charge in [0.2, 0.25) is 0 Å². The Hall–Kier alpha value is -1.04. The first-order chi connectivity index (χ1) is 8.58. The van der Waals surface area contributed by atoms with Crippen LogP contribution in [0.2, 0.25) is 0 Å². The Kier molecular flexibility index (Phi) is 6.18. The van der Waals surface area contributed by atoms with E-state index >= 15 is 0 Å². The van der Waals surface area contributed by atoms with Crippen molar-refractivity contribution in [2.75, 3.05) is 20.3 Å². The third kappa shape index (κ3) is 4.33. The van der Waals surface area contributed by atoms with Gasteiger partial charge < -0.3 is 15.2 Å². The summed E-state index contributed by atoms with van der Waals surface area (Å²) in [7, 11) is 1.53. The molecule has 0 saturated carbocycles. The molecule has 0 bridgehead atoms. The van der Waals surface area contributed by atoms with E-state index < -0.39 is 17.7 Å². The van der Waals surface area contributed by atoms with Gasteiger partial charge in [0.25, 0.3) is 0 Å². The molecule has 18 heavy (non-hydrogen) atoms. The molecule has 102 valence electrons. The number of halogens is 2. The molecule has 1 rings (SSSR count). The first-order valence-corrected chi connectivity index (χ1v) is 5.93. The summed E-state index contributed by atoms with van der Waals surface area (Å²) in [5.41, 5.74) is 0.596. The van der Waals surface area contributed by atoms with E-state index in [1.54, 1.807) is 0 Å². The minimum Gasteiger partial charge on any atom is -0.392 e. The van der Waals surface area contributed by atoms with Crippen molar-refractivity contribution in [3.05, 3.63) is 35.4 Å². The van der Waals surface area contributed by atoms with Crippen molar-refractivity contribution in [1.82, 2.24) is 5.32 Å². The van der Waals surface area contributed by atoms with E-state index in [1.807, 2.05) is 6.92 Å². The fourth-order valence-electron chi connectivity index (χ4n) is 1.59. The fourth-order valence-corrected chi connectivity index (χ4v) is 1.59. The van der Waals surface area contributed by atoms with Crippen LogP contribution in [0.5, 0.6) is 0 Å². The first-order valence-electron chi connectivity index (χ1n) is 5.93. The number of hydrogen-bond donors (Lipinski definition) is 2. The molecule has 0 spiro atoms. The van der Waals surface area contributed by atoms with Gasteiger partial charge in [-0.05, 0) is 24.1 Å². The molecule has 5 heteroatoms. The summed E-state index contributed by atoms with van der Waals surface area (Å²) in [6.45, 7) is 2.57. The highest BCUT2D eigenvalue weighted by molar-refractivity contribution is 5.21. The molecular weight excluding hydrogens is 240 g/mol. The Morgan fingerprint density at radius 3 is 2.61 bits per heavy atom. The number of aliphatic hydroxyl groups excluding tert-OH is 1. The lowest BCUT2D eigenvalue weighted by Crippen LogP contribution is -2.32. The summed E-state index contributed by atoms with van der Waals surface area (Å²) >= 11 is 0. The smallest absolute Gasteiger partial charge is 0.159 e. The summed E-state index contributed by atoms with van der Waals surface area (Å²) in [4.78, 5) is 0. The predicted molar refractivity (Wildman–Crippen MR) is 65.3 cm³/mol. The van der Waals surface area contributed by atoms with Crippen LogP contribution in [0.25, 0.3) is 0 Å². The van der Waals surface area contributed by atoms with Crippen molar-refractivity contribution in [3.63, 3.8) is 0 Å². The average molecular weight is 259 g/mol. The van der Waals surface area contributed by atoms with E-state index in [-0.39, 0.29) is 6.04 Å². The minimum absolute atomic E-state index is 0.272. The molecule has 0 heterocycles. The highest BCUT2D eigenvalue weighted by atomic mass is 19.2. The van der Waals surface area contributed by atoms with Crippen molar-refractivity contribution >= 4 is 0 Å². The van der Waals surface area contributed by atoms with E-state index in [4.69, 9.17) is 4.74 Å². The van der Waals surface area contributed by atoms with E-state index in [9.17, 15) is 13.9 Å². The Morgan fingerprint density at radius 2 is 2.06 bits per heavy atom.